The highest BCUT2D eigenvalue weighted by atomic mass is 31.2. The molecule has 5 heterocycles. The van der Waals surface area contributed by atoms with E-state index in [-0.39, 0.29) is 23.7 Å². The van der Waals surface area contributed by atoms with Crippen LogP contribution in [0.25, 0.3) is 5.52 Å². The van der Waals surface area contributed by atoms with Crippen molar-refractivity contribution in [2.24, 2.45) is 0 Å². The zero-order valence-corrected chi connectivity index (χ0v) is 18.1. The smallest absolute Gasteiger partial charge is 0.434 e. The van der Waals surface area contributed by atoms with E-state index in [2.05, 4.69) is 15.1 Å². The number of aliphatic hydroxyl groups is 1. The molecule has 3 aromatic heterocycles. The first kappa shape index (κ1) is 22.4. The van der Waals surface area contributed by atoms with Crippen LogP contribution in [-0.2, 0) is 33.2 Å². The molecular weight excluding hydrogens is 471 g/mol. The van der Waals surface area contributed by atoms with Crippen molar-refractivity contribution >= 4 is 25.1 Å². The van der Waals surface area contributed by atoms with E-state index in [1.807, 2.05) is 6.07 Å². The van der Waals surface area contributed by atoms with E-state index < -0.39 is 44.5 Å². The molecule has 3 N–H and O–H groups in total. The molecule has 2 aliphatic heterocycles. The van der Waals surface area contributed by atoms with E-state index in [4.69, 9.17) is 28.8 Å². The molecule has 0 saturated carbocycles. The van der Waals surface area contributed by atoms with Gasteiger partial charge in [-0.3, -0.25) is 14.0 Å². The molecule has 15 heteroatoms. The fourth-order valence-corrected chi connectivity index (χ4v) is 5.04. The molecule has 34 heavy (non-hydrogen) atoms. The predicted octanol–water partition coefficient (Wildman–Crippen LogP) is 0.540. The van der Waals surface area contributed by atoms with Gasteiger partial charge >= 0.3 is 13.8 Å². The van der Waals surface area contributed by atoms with Gasteiger partial charge in [-0.15, -0.1) is 0 Å². The van der Waals surface area contributed by atoms with Crippen molar-refractivity contribution in [2.75, 3.05) is 19.1 Å². The quantitative estimate of drug-likeness (QED) is 0.287. The molecular formula is C19H17N6O8P. The summed E-state index contributed by atoms with van der Waals surface area (Å²) in [5.74, 6) is -0.596. The largest absolute Gasteiger partial charge is 0.478 e. The summed E-state index contributed by atoms with van der Waals surface area (Å²) in [5, 5.41) is 25.1. The Kier molecular flexibility index (Phi) is 5.53. The van der Waals surface area contributed by atoms with Crippen LogP contribution >= 0.6 is 7.82 Å². The number of ether oxygens (including phenoxy) is 2. The molecule has 176 valence electrons. The van der Waals surface area contributed by atoms with E-state index >= 15 is 0 Å². The van der Waals surface area contributed by atoms with Crippen LogP contribution in [0.4, 0.5) is 5.82 Å². The lowest BCUT2D eigenvalue weighted by Gasteiger charge is -2.30. The molecule has 5 atom stereocenters. The van der Waals surface area contributed by atoms with Crippen LogP contribution in [-0.4, -0.2) is 62.4 Å². The number of carbonyl (C=O) groups excluding carboxylic acids is 1. The number of aliphatic hydroxyl groups excluding tert-OH is 1. The molecule has 0 bridgehead atoms. The van der Waals surface area contributed by atoms with Crippen LogP contribution in [0.2, 0.25) is 0 Å². The summed E-state index contributed by atoms with van der Waals surface area (Å²) in [7, 11) is -4.26. The molecule has 14 nitrogen and oxygen atoms in total. The number of aromatic nitrogens is 4. The monoisotopic (exact) mass is 488 g/mol. The number of esters is 1. The first-order valence-corrected chi connectivity index (χ1v) is 11.3. The van der Waals surface area contributed by atoms with E-state index in [1.165, 1.54) is 35.4 Å². The maximum absolute atomic E-state index is 12.9. The fourth-order valence-electron chi connectivity index (χ4n) is 3.78. The number of nitrogens with zero attached hydrogens (tertiary/aromatic N) is 5. The maximum atomic E-state index is 12.9. The second-order valence-electron chi connectivity index (χ2n) is 7.34. The molecule has 0 aromatic carbocycles. The standard InChI is InChI=1S/C19H17N6O8P/c20-8-19(14-4-3-12-17(21)23-9-24-25(12)14)16(26)15-13(32-19)7-30-34(28,33-15)31-10-29-18(27)11-2-1-5-22-6-11/h1-6,9,13,15-16,26H,7,10H2,(H2,21,23,24)/t13?,15-,16-,19+,34+/m1/s1. The average molecular weight is 488 g/mol. The molecule has 0 spiro atoms. The van der Waals surface area contributed by atoms with Gasteiger partial charge in [0.25, 0.3) is 0 Å². The average Bonchev–Trinajstić information content (AvgIpc) is 3.40. The fraction of sp³-hybridized carbons (Fsp3) is 0.316. The highest BCUT2D eigenvalue weighted by Crippen LogP contribution is 2.58. The van der Waals surface area contributed by atoms with E-state index in [0.29, 0.717) is 5.52 Å². The molecule has 0 aliphatic carbocycles. The first-order valence-electron chi connectivity index (χ1n) is 9.87. The van der Waals surface area contributed by atoms with Gasteiger partial charge in [-0.2, -0.15) is 10.4 Å². The number of phosphoric ester groups is 1. The number of fused-ring (bicyclic) bond motifs is 2. The zero-order chi connectivity index (χ0) is 23.9. The van der Waals surface area contributed by atoms with Gasteiger partial charge in [-0.05, 0) is 24.3 Å². The number of anilines is 1. The Morgan fingerprint density at radius 3 is 3.06 bits per heavy atom. The first-order chi connectivity index (χ1) is 16.4. The Hall–Kier alpha value is -3.44. The highest BCUT2D eigenvalue weighted by Gasteiger charge is 2.62. The minimum absolute atomic E-state index is 0.164. The lowest BCUT2D eigenvalue weighted by molar-refractivity contribution is -0.0847. The summed E-state index contributed by atoms with van der Waals surface area (Å²) in [6, 6.07) is 8.08. The summed E-state index contributed by atoms with van der Waals surface area (Å²) in [4.78, 5) is 19.7. The minimum Gasteiger partial charge on any atom is -0.434 e. The third-order valence-electron chi connectivity index (χ3n) is 5.41. The number of rotatable bonds is 5. The highest BCUT2D eigenvalue weighted by molar-refractivity contribution is 7.48. The number of carbonyl (C=O) groups is 1. The molecule has 0 amide bonds. The number of hydrogen-bond acceptors (Lipinski definition) is 13. The summed E-state index contributed by atoms with van der Waals surface area (Å²) in [5.41, 5.74) is 4.65. The van der Waals surface area contributed by atoms with Crippen LogP contribution in [0.3, 0.4) is 0 Å². The molecule has 2 fully saturated rings. The molecule has 3 aromatic rings. The molecule has 1 unspecified atom stereocenters. The Morgan fingerprint density at radius 1 is 1.44 bits per heavy atom. The number of pyridine rings is 1. The lowest BCUT2D eigenvalue weighted by atomic mass is 9.92. The van der Waals surface area contributed by atoms with Crippen LogP contribution < -0.4 is 5.73 Å². The summed E-state index contributed by atoms with van der Waals surface area (Å²) in [6.07, 6.45) is 0.164. The van der Waals surface area contributed by atoms with E-state index in [1.54, 1.807) is 12.1 Å². The van der Waals surface area contributed by atoms with Crippen LogP contribution in [0, 0.1) is 11.3 Å². The van der Waals surface area contributed by atoms with Crippen LogP contribution in [0.5, 0.6) is 0 Å². The van der Waals surface area contributed by atoms with Crippen molar-refractivity contribution in [3.63, 3.8) is 0 Å². The number of nitriles is 1. The Morgan fingerprint density at radius 2 is 2.29 bits per heavy atom. The second kappa shape index (κ2) is 8.41. The third-order valence-corrected chi connectivity index (χ3v) is 6.79. The van der Waals surface area contributed by atoms with E-state index in [9.17, 15) is 19.7 Å². The van der Waals surface area contributed by atoms with Gasteiger partial charge in [0.2, 0.25) is 12.4 Å². The van der Waals surface area contributed by atoms with Gasteiger partial charge in [0, 0.05) is 12.4 Å². The van der Waals surface area contributed by atoms with Crippen molar-refractivity contribution in [1.82, 2.24) is 19.6 Å². The van der Waals surface area contributed by atoms with Crippen molar-refractivity contribution in [3.8, 4) is 6.07 Å². The van der Waals surface area contributed by atoms with Gasteiger partial charge in [-0.1, -0.05) is 0 Å². The van der Waals surface area contributed by atoms with Crippen molar-refractivity contribution in [3.05, 3.63) is 54.2 Å². The van der Waals surface area contributed by atoms with E-state index in [0.717, 1.165) is 0 Å². The Bertz CT molecular complexity index is 1330. The summed E-state index contributed by atoms with van der Waals surface area (Å²) < 4.78 is 40.6. The van der Waals surface area contributed by atoms with Gasteiger partial charge < -0.3 is 20.3 Å². The van der Waals surface area contributed by atoms with Crippen LogP contribution in [0.1, 0.15) is 16.1 Å². The third kappa shape index (κ3) is 3.61. The van der Waals surface area contributed by atoms with Crippen molar-refractivity contribution < 1.29 is 37.5 Å². The van der Waals surface area contributed by atoms with Crippen molar-refractivity contribution in [2.45, 2.75) is 23.9 Å². The van der Waals surface area contributed by atoms with Gasteiger partial charge in [-0.25, -0.2) is 23.4 Å². The Labute approximate surface area is 191 Å². The SMILES string of the molecule is N#C[C@@]1(c2ccc3c(N)ncnn23)OC2CO[P@@](=O)(OCOC(=O)c3cccnc3)O[C@H]2[C@H]1O. The summed E-state index contributed by atoms with van der Waals surface area (Å²) in [6.45, 7) is -1.07. The number of nitrogens with two attached hydrogens (primary N) is 1. The van der Waals surface area contributed by atoms with Gasteiger partial charge in [0.1, 0.15) is 36.2 Å². The summed E-state index contributed by atoms with van der Waals surface area (Å²) >= 11 is 0. The number of phosphoric acid groups is 1. The Balaban J connectivity index is 1.32. The molecule has 5 rings (SSSR count). The van der Waals surface area contributed by atoms with Crippen molar-refractivity contribution in [1.29, 1.82) is 5.26 Å². The lowest BCUT2D eigenvalue weighted by Crippen LogP contribution is -2.43. The second-order valence-corrected chi connectivity index (χ2v) is 8.96. The van der Waals surface area contributed by atoms with Gasteiger partial charge in [0.15, 0.2) is 5.82 Å². The molecule has 2 saturated heterocycles. The maximum Gasteiger partial charge on any atom is 0.478 e. The zero-order valence-electron chi connectivity index (χ0n) is 17.3. The van der Waals surface area contributed by atoms with Crippen LogP contribution in [0.15, 0.2) is 43.0 Å². The minimum atomic E-state index is -4.26. The molecule has 2 aliphatic rings. The van der Waals surface area contributed by atoms with Gasteiger partial charge in [0.05, 0.1) is 17.9 Å². The topological polar surface area (TPSA) is 193 Å². The normalized spacial score (nSPS) is 30.5. The number of nitrogen functional groups attached to an aromatic ring is 1. The predicted molar refractivity (Wildman–Crippen MR) is 110 cm³/mol. The number of hydrogen-bond donors (Lipinski definition) is 2. The molecule has 0 radical (unpaired) electrons.